The molecule has 0 atom stereocenters. The summed E-state index contributed by atoms with van der Waals surface area (Å²) in [7, 11) is 0. The van der Waals surface area contributed by atoms with Gasteiger partial charge in [0, 0.05) is 77.8 Å². The number of hydrogen-bond donors (Lipinski definition) is 0. The van der Waals surface area contributed by atoms with Gasteiger partial charge in [-0.15, -0.1) is 48.1 Å². The number of rotatable bonds is 6. The van der Waals surface area contributed by atoms with E-state index < -0.39 is 0 Å². The first-order valence-electron chi connectivity index (χ1n) is 24.6. The standard InChI is InChI=1S/C64H62N5O.Pt/c1-61(2,3)41-24-29-56-59(35-41)67(47-33-43(63(7,8)9)32-44(34-47)64(10,11)12)40-66(56)45-18-17-19-48(37-45)70-49-26-28-53-52-27-25-46(68-54-22-15-13-20-50(54)51-21-14-16-23-55(51)68)38-57(52)69(58(53)39-49)60-36-42(30-31-65-60)62(4,5)6;/h13-36,38,40H,1-12H3;/q-3;. The van der Waals surface area contributed by atoms with Crippen molar-refractivity contribution in [1.82, 2.24) is 14.1 Å². The van der Waals surface area contributed by atoms with E-state index in [9.17, 15) is 0 Å². The van der Waals surface area contributed by atoms with Crippen LogP contribution in [0.1, 0.15) is 105 Å². The predicted molar refractivity (Wildman–Crippen MR) is 293 cm³/mol. The maximum atomic E-state index is 6.80. The van der Waals surface area contributed by atoms with Crippen LogP contribution in [0.4, 0.5) is 22.7 Å². The number of ether oxygens (including phenoxy) is 1. The minimum absolute atomic E-state index is 0. The van der Waals surface area contributed by atoms with Gasteiger partial charge >= 0.3 is 0 Å². The smallest absolute Gasteiger partial charge is 0.135 e. The van der Waals surface area contributed by atoms with Crippen molar-refractivity contribution >= 4 is 66.4 Å². The zero-order valence-corrected chi connectivity index (χ0v) is 45.2. The summed E-state index contributed by atoms with van der Waals surface area (Å²) in [5, 5.41) is 4.64. The molecule has 71 heavy (non-hydrogen) atoms. The Hall–Kier alpha value is -6.62. The molecule has 11 rings (SSSR count). The Morgan fingerprint density at radius 1 is 0.437 bits per heavy atom. The van der Waals surface area contributed by atoms with E-state index >= 15 is 0 Å². The molecule has 0 saturated heterocycles. The normalized spacial score (nSPS) is 13.4. The van der Waals surface area contributed by atoms with Crippen LogP contribution in [0.5, 0.6) is 11.5 Å². The summed E-state index contributed by atoms with van der Waals surface area (Å²) in [5.74, 6) is 2.02. The first-order chi connectivity index (χ1) is 33.2. The van der Waals surface area contributed by atoms with E-state index in [0.717, 1.165) is 56.1 Å². The van der Waals surface area contributed by atoms with Crippen LogP contribution in [0.25, 0.3) is 55.1 Å². The van der Waals surface area contributed by atoms with Crippen LogP contribution in [0.15, 0.2) is 152 Å². The van der Waals surface area contributed by atoms with E-state index in [0.29, 0.717) is 11.5 Å². The van der Waals surface area contributed by atoms with Crippen molar-refractivity contribution in [3.05, 3.63) is 193 Å². The number of nitrogens with zero attached hydrogens (tertiary/aromatic N) is 5. The number of fused-ring (bicyclic) bond motifs is 7. The quantitative estimate of drug-likeness (QED) is 0.156. The Morgan fingerprint density at radius 3 is 1.68 bits per heavy atom. The first-order valence-corrected chi connectivity index (χ1v) is 24.6. The van der Waals surface area contributed by atoms with E-state index in [4.69, 9.17) is 9.72 Å². The van der Waals surface area contributed by atoms with Gasteiger partial charge < -0.3 is 23.7 Å². The molecule has 0 saturated carbocycles. The van der Waals surface area contributed by atoms with Gasteiger partial charge in [0.15, 0.2) is 0 Å². The molecule has 0 spiro atoms. The Balaban J connectivity index is 0.00000582. The minimum Gasteiger partial charge on any atom is -0.509 e. The molecule has 0 aliphatic carbocycles. The third-order valence-corrected chi connectivity index (χ3v) is 14.1. The molecule has 0 fully saturated rings. The molecule has 0 unspecified atom stereocenters. The molecule has 1 aliphatic rings. The second-order valence-corrected chi connectivity index (χ2v) is 23.2. The fourth-order valence-corrected chi connectivity index (χ4v) is 9.95. The summed E-state index contributed by atoms with van der Waals surface area (Å²) in [4.78, 5) is 9.62. The van der Waals surface area contributed by atoms with E-state index in [-0.39, 0.29) is 42.7 Å². The van der Waals surface area contributed by atoms with E-state index in [2.05, 4.69) is 248 Å². The largest absolute Gasteiger partial charge is 0.509 e. The molecular weight excluding hydrogens is 1050 g/mol. The number of aromatic nitrogens is 3. The average Bonchev–Trinajstić information content (AvgIpc) is 3.98. The van der Waals surface area contributed by atoms with Crippen molar-refractivity contribution in [2.24, 2.45) is 0 Å². The Morgan fingerprint density at radius 2 is 1.03 bits per heavy atom. The van der Waals surface area contributed by atoms with Crippen LogP contribution < -0.4 is 14.5 Å². The van der Waals surface area contributed by atoms with Crippen molar-refractivity contribution in [2.75, 3.05) is 9.80 Å². The second-order valence-electron chi connectivity index (χ2n) is 23.2. The molecule has 0 radical (unpaired) electrons. The summed E-state index contributed by atoms with van der Waals surface area (Å²) in [6.07, 6.45) is 1.93. The number of benzene rings is 7. The molecule has 7 heteroatoms. The molecule has 10 aromatic rings. The van der Waals surface area contributed by atoms with Crippen molar-refractivity contribution in [3.63, 3.8) is 0 Å². The van der Waals surface area contributed by atoms with Crippen LogP contribution in [-0.2, 0) is 42.7 Å². The molecular formula is C64H62N5OPt-3. The molecule has 362 valence electrons. The minimum atomic E-state index is -0.0750. The van der Waals surface area contributed by atoms with Gasteiger partial charge in [-0.05, 0) is 110 Å². The summed E-state index contributed by atoms with van der Waals surface area (Å²) < 4.78 is 11.4. The summed E-state index contributed by atoms with van der Waals surface area (Å²) in [6.45, 7) is 29.6. The number of hydrogen-bond acceptors (Lipinski definition) is 4. The van der Waals surface area contributed by atoms with Crippen molar-refractivity contribution in [1.29, 1.82) is 0 Å². The summed E-state index contributed by atoms with van der Waals surface area (Å²) in [5.41, 5.74) is 14.5. The Bertz CT molecular complexity index is 3590. The summed E-state index contributed by atoms with van der Waals surface area (Å²) in [6, 6.07) is 60.1. The molecule has 0 bridgehead atoms. The Kier molecular flexibility index (Phi) is 11.7. The SMILES string of the molecule is CC(C)(C)c1cc(N2[CH-]N(c3[c-]c(Oc4[c-]c5c(cc4)c4ccc(-n6c7ccccc7c7ccccc76)cc4n5-c4cc(C(C)(C)C)ccn4)ccc3)c3ccc(C(C)(C)C)cc32)cc(C(C)(C)C)c1.[Pt]. The number of anilines is 4. The van der Waals surface area contributed by atoms with E-state index in [1.165, 1.54) is 44.1 Å². The zero-order valence-electron chi connectivity index (χ0n) is 43.0. The first kappa shape index (κ1) is 48.0. The van der Waals surface area contributed by atoms with E-state index in [1.54, 1.807) is 0 Å². The molecule has 7 aromatic carbocycles. The van der Waals surface area contributed by atoms with Gasteiger partial charge in [0.2, 0.25) is 0 Å². The van der Waals surface area contributed by atoms with Crippen molar-refractivity contribution in [3.8, 4) is 23.0 Å². The van der Waals surface area contributed by atoms with Crippen LogP contribution >= 0.6 is 0 Å². The van der Waals surface area contributed by atoms with Gasteiger partial charge in [0.25, 0.3) is 0 Å². The fraction of sp³-hybridized carbons (Fsp3) is 0.250. The molecule has 3 aromatic heterocycles. The molecule has 6 nitrogen and oxygen atoms in total. The third kappa shape index (κ3) is 8.63. The Labute approximate surface area is 434 Å². The molecule has 1 aliphatic heterocycles. The van der Waals surface area contributed by atoms with Crippen molar-refractivity contribution in [2.45, 2.75) is 105 Å². The van der Waals surface area contributed by atoms with Gasteiger partial charge in [0.05, 0.1) is 11.0 Å². The van der Waals surface area contributed by atoms with E-state index in [1.807, 2.05) is 24.4 Å². The van der Waals surface area contributed by atoms with Crippen LogP contribution in [-0.4, -0.2) is 14.1 Å². The van der Waals surface area contributed by atoms with Gasteiger partial charge in [-0.25, -0.2) is 4.98 Å². The number of pyridine rings is 1. The van der Waals surface area contributed by atoms with Crippen LogP contribution in [0, 0.1) is 18.8 Å². The van der Waals surface area contributed by atoms with Gasteiger partial charge in [0.1, 0.15) is 5.82 Å². The zero-order chi connectivity index (χ0) is 49.1. The average molecular weight is 1110 g/mol. The topological polar surface area (TPSA) is 38.5 Å². The predicted octanol–water partition coefficient (Wildman–Crippen LogP) is 17.3. The fourth-order valence-electron chi connectivity index (χ4n) is 9.95. The maximum Gasteiger partial charge on any atom is 0.135 e. The number of para-hydroxylation sites is 2. The monoisotopic (exact) mass is 1110 g/mol. The van der Waals surface area contributed by atoms with Crippen LogP contribution in [0.3, 0.4) is 0 Å². The maximum absolute atomic E-state index is 6.80. The van der Waals surface area contributed by atoms with Crippen molar-refractivity contribution < 1.29 is 25.8 Å². The van der Waals surface area contributed by atoms with Gasteiger partial charge in [-0.3, -0.25) is 0 Å². The molecule has 0 amide bonds. The molecule has 4 heterocycles. The van der Waals surface area contributed by atoms with Crippen LogP contribution in [0.2, 0.25) is 0 Å². The van der Waals surface area contributed by atoms with Gasteiger partial charge in [-0.2, -0.15) is 12.1 Å². The third-order valence-electron chi connectivity index (χ3n) is 14.1. The second kappa shape index (κ2) is 17.3. The summed E-state index contributed by atoms with van der Waals surface area (Å²) >= 11 is 0. The molecule has 0 N–H and O–H groups in total. The van der Waals surface area contributed by atoms with Gasteiger partial charge in [-0.1, -0.05) is 143 Å².